The van der Waals surface area contributed by atoms with Crippen molar-refractivity contribution < 1.29 is 38.1 Å². The summed E-state index contributed by atoms with van der Waals surface area (Å²) in [6, 6.07) is 5.85. The minimum Gasteiger partial charge on any atom is -0.467 e. The van der Waals surface area contributed by atoms with Gasteiger partial charge in [-0.1, -0.05) is 12.1 Å². The fraction of sp³-hybridized carbons (Fsp3) is 0.455. The lowest BCUT2D eigenvalue weighted by atomic mass is 10.1. The fourth-order valence-corrected chi connectivity index (χ4v) is 2.69. The van der Waals surface area contributed by atoms with E-state index < -0.39 is 41.4 Å². The third-order valence-electron chi connectivity index (χ3n) is 4.07. The molecule has 1 saturated heterocycles. The Morgan fingerprint density at radius 3 is 2.16 bits per heavy atom. The molecule has 2 rings (SSSR count). The van der Waals surface area contributed by atoms with E-state index in [2.05, 4.69) is 10.6 Å². The van der Waals surface area contributed by atoms with Crippen molar-refractivity contribution >= 4 is 29.7 Å². The van der Waals surface area contributed by atoms with Gasteiger partial charge < -0.3 is 29.6 Å². The van der Waals surface area contributed by atoms with Crippen molar-refractivity contribution in [1.82, 2.24) is 5.32 Å². The zero-order chi connectivity index (χ0) is 24.1. The maximum Gasteiger partial charge on any atom is 0.408 e. The van der Waals surface area contributed by atoms with Crippen molar-refractivity contribution in [2.45, 2.75) is 58.5 Å². The number of nitrogens with one attached hydrogen (secondary N) is 2. The van der Waals surface area contributed by atoms with Crippen LogP contribution in [0.4, 0.5) is 10.5 Å². The van der Waals surface area contributed by atoms with Crippen LogP contribution in [0.5, 0.6) is 0 Å². The molecule has 174 valence electrons. The summed E-state index contributed by atoms with van der Waals surface area (Å²) in [7, 11) is 1.23. The topological polar surface area (TPSA) is 129 Å². The molecule has 0 bridgehead atoms. The molecule has 0 radical (unpaired) electrons. The molecule has 0 saturated carbocycles. The van der Waals surface area contributed by atoms with E-state index in [1.54, 1.807) is 45.0 Å². The number of hydrogen-bond donors (Lipinski definition) is 2. The first-order chi connectivity index (χ1) is 14.8. The molecule has 1 aliphatic heterocycles. The highest BCUT2D eigenvalue weighted by molar-refractivity contribution is 6.15. The van der Waals surface area contributed by atoms with E-state index in [-0.39, 0.29) is 12.0 Å². The average Bonchev–Trinajstić information content (AvgIpc) is 2.65. The predicted molar refractivity (Wildman–Crippen MR) is 113 cm³/mol. The van der Waals surface area contributed by atoms with Crippen molar-refractivity contribution in [3.05, 3.63) is 41.6 Å². The molecule has 0 aliphatic carbocycles. The minimum atomic E-state index is -1.31. The Labute approximate surface area is 186 Å². The largest absolute Gasteiger partial charge is 0.467 e. The second-order valence-corrected chi connectivity index (χ2v) is 8.50. The van der Waals surface area contributed by atoms with E-state index in [9.17, 15) is 19.2 Å². The standard InChI is InChI=1S/C22H28N2O8/c1-21(2,3)32-20(28)24-16(19(27)29-6)11-13-7-9-14(10-8-13)23-12-15-17(25)30-22(4,5)31-18(15)26/h7-10,12,16,23H,11H2,1-6H3,(H,24,28). The Balaban J connectivity index is 2.04. The number of carbonyl (C=O) groups is 4. The quantitative estimate of drug-likeness (QED) is 0.292. The van der Waals surface area contributed by atoms with Gasteiger partial charge in [0.2, 0.25) is 0 Å². The molecule has 32 heavy (non-hydrogen) atoms. The van der Waals surface area contributed by atoms with E-state index in [4.69, 9.17) is 18.9 Å². The first-order valence-electron chi connectivity index (χ1n) is 9.89. The van der Waals surface area contributed by atoms with Crippen molar-refractivity contribution in [3.8, 4) is 0 Å². The van der Waals surface area contributed by atoms with Gasteiger partial charge in [0.1, 0.15) is 11.6 Å². The van der Waals surface area contributed by atoms with Crippen LogP contribution in [0.15, 0.2) is 36.0 Å². The molecular weight excluding hydrogens is 420 g/mol. The summed E-state index contributed by atoms with van der Waals surface area (Å²) in [6.07, 6.45) is 0.643. The predicted octanol–water partition coefficient (Wildman–Crippen LogP) is 2.43. The first kappa shape index (κ1) is 24.7. The normalized spacial score (nSPS) is 16.2. The molecular formula is C22H28N2O8. The van der Waals surface area contributed by atoms with E-state index >= 15 is 0 Å². The number of alkyl carbamates (subject to hydrolysis) is 1. The van der Waals surface area contributed by atoms with E-state index in [1.165, 1.54) is 27.2 Å². The number of carbonyl (C=O) groups excluding carboxylic acids is 4. The third kappa shape index (κ3) is 7.29. The molecule has 10 heteroatoms. The van der Waals surface area contributed by atoms with Crippen molar-refractivity contribution in [3.63, 3.8) is 0 Å². The van der Waals surface area contributed by atoms with Crippen molar-refractivity contribution in [1.29, 1.82) is 0 Å². The van der Waals surface area contributed by atoms with Gasteiger partial charge in [-0.05, 0) is 38.5 Å². The zero-order valence-corrected chi connectivity index (χ0v) is 18.9. The Kier molecular flexibility index (Phi) is 7.50. The van der Waals surface area contributed by atoms with Gasteiger partial charge in [0.05, 0.1) is 7.11 Å². The second-order valence-electron chi connectivity index (χ2n) is 8.50. The van der Waals surface area contributed by atoms with Gasteiger partial charge in [0.25, 0.3) is 5.79 Å². The Morgan fingerprint density at radius 2 is 1.66 bits per heavy atom. The van der Waals surface area contributed by atoms with Gasteiger partial charge in [-0.15, -0.1) is 0 Å². The molecule has 1 fully saturated rings. The molecule has 10 nitrogen and oxygen atoms in total. The summed E-state index contributed by atoms with van der Waals surface area (Å²) in [5.41, 5.74) is 0.328. The number of anilines is 1. The summed E-state index contributed by atoms with van der Waals surface area (Å²) in [5, 5.41) is 5.34. The number of benzene rings is 1. The fourth-order valence-electron chi connectivity index (χ4n) is 2.69. The number of rotatable bonds is 6. The Hall–Kier alpha value is -3.56. The van der Waals surface area contributed by atoms with Crippen LogP contribution in [0.3, 0.4) is 0 Å². The van der Waals surface area contributed by atoms with Gasteiger partial charge >= 0.3 is 24.0 Å². The third-order valence-corrected chi connectivity index (χ3v) is 4.07. The highest BCUT2D eigenvalue weighted by Crippen LogP contribution is 2.23. The van der Waals surface area contributed by atoms with E-state index in [0.717, 1.165) is 5.56 Å². The lowest BCUT2D eigenvalue weighted by molar-refractivity contribution is -0.222. The number of hydrogen-bond acceptors (Lipinski definition) is 9. The van der Waals surface area contributed by atoms with Crippen LogP contribution < -0.4 is 10.6 Å². The molecule has 1 atom stereocenters. The Morgan fingerprint density at radius 1 is 1.09 bits per heavy atom. The summed E-state index contributed by atoms with van der Waals surface area (Å²) in [5.74, 6) is -3.49. The zero-order valence-electron chi connectivity index (χ0n) is 18.9. The van der Waals surface area contributed by atoms with Crippen molar-refractivity contribution in [2.75, 3.05) is 12.4 Å². The van der Waals surface area contributed by atoms with Gasteiger partial charge in [-0.25, -0.2) is 19.2 Å². The van der Waals surface area contributed by atoms with Crippen LogP contribution in [-0.4, -0.2) is 48.5 Å². The molecule has 1 aromatic carbocycles. The molecule has 0 aromatic heterocycles. The highest BCUT2D eigenvalue weighted by Gasteiger charge is 2.39. The lowest BCUT2D eigenvalue weighted by Gasteiger charge is -2.29. The molecule has 0 spiro atoms. The first-order valence-corrected chi connectivity index (χ1v) is 9.89. The van der Waals surface area contributed by atoms with Crippen LogP contribution in [0.25, 0.3) is 0 Å². The lowest BCUT2D eigenvalue weighted by Crippen LogP contribution is -2.45. The number of amides is 1. The van der Waals surface area contributed by atoms with Gasteiger partial charge in [-0.3, -0.25) is 0 Å². The van der Waals surface area contributed by atoms with Crippen LogP contribution in [0.1, 0.15) is 40.2 Å². The van der Waals surface area contributed by atoms with Crippen LogP contribution >= 0.6 is 0 Å². The number of cyclic esters (lactones) is 2. The van der Waals surface area contributed by atoms with Crippen LogP contribution in [-0.2, 0) is 39.8 Å². The molecule has 1 aliphatic rings. The van der Waals surface area contributed by atoms with Crippen molar-refractivity contribution in [2.24, 2.45) is 0 Å². The maximum atomic E-state index is 12.1. The smallest absolute Gasteiger partial charge is 0.408 e. The second kappa shape index (κ2) is 9.71. The molecule has 2 N–H and O–H groups in total. The Bertz CT molecular complexity index is 891. The molecule has 1 aromatic rings. The molecule has 1 unspecified atom stereocenters. The van der Waals surface area contributed by atoms with Gasteiger partial charge in [-0.2, -0.15) is 0 Å². The van der Waals surface area contributed by atoms with Crippen LogP contribution in [0, 0.1) is 0 Å². The van der Waals surface area contributed by atoms with E-state index in [0.29, 0.717) is 5.69 Å². The molecule has 1 heterocycles. The number of esters is 3. The summed E-state index contributed by atoms with van der Waals surface area (Å²) >= 11 is 0. The number of methoxy groups -OCH3 is 1. The summed E-state index contributed by atoms with van der Waals surface area (Å²) in [6.45, 7) is 8.08. The summed E-state index contributed by atoms with van der Waals surface area (Å²) in [4.78, 5) is 48.0. The van der Waals surface area contributed by atoms with Gasteiger partial charge in [0, 0.05) is 32.2 Å². The van der Waals surface area contributed by atoms with Gasteiger partial charge in [0.15, 0.2) is 5.57 Å². The molecule has 1 amide bonds. The monoisotopic (exact) mass is 448 g/mol. The number of ether oxygens (including phenoxy) is 4. The van der Waals surface area contributed by atoms with Crippen LogP contribution in [0.2, 0.25) is 0 Å². The maximum absolute atomic E-state index is 12.1. The highest BCUT2D eigenvalue weighted by atomic mass is 16.7. The minimum absolute atomic E-state index is 0.168. The summed E-state index contributed by atoms with van der Waals surface area (Å²) < 4.78 is 20.0. The SMILES string of the molecule is COC(=O)C(Cc1ccc(NC=C2C(=O)OC(C)(C)OC2=O)cc1)NC(=O)OC(C)(C)C. The van der Waals surface area contributed by atoms with E-state index in [1.807, 2.05) is 0 Å². The average molecular weight is 448 g/mol.